The van der Waals surface area contributed by atoms with Gasteiger partial charge in [-0.25, -0.2) is 4.79 Å². The van der Waals surface area contributed by atoms with Crippen molar-refractivity contribution in [1.82, 2.24) is 0 Å². The van der Waals surface area contributed by atoms with Crippen molar-refractivity contribution in [3.05, 3.63) is 0 Å². The molecule has 0 spiro atoms. The number of hydrogen-bond acceptors (Lipinski definition) is 4. The zero-order valence-corrected chi connectivity index (χ0v) is 22.6. The van der Waals surface area contributed by atoms with Crippen molar-refractivity contribution in [3.63, 3.8) is 0 Å². The summed E-state index contributed by atoms with van der Waals surface area (Å²) in [5.41, 5.74) is -1.41. The summed E-state index contributed by atoms with van der Waals surface area (Å²) in [5.74, 6) is -0.540. The summed E-state index contributed by atoms with van der Waals surface area (Å²) >= 11 is 0. The van der Waals surface area contributed by atoms with Gasteiger partial charge in [0.2, 0.25) is 0 Å². The third kappa shape index (κ3) is 6.67. The maximum Gasteiger partial charge on any atom is 0.338 e. The van der Waals surface area contributed by atoms with Crippen LogP contribution in [0.25, 0.3) is 0 Å². The molecule has 8 heteroatoms. The first-order valence-corrected chi connectivity index (χ1v) is 5.68. The van der Waals surface area contributed by atoms with Gasteiger partial charge in [0.15, 0.2) is 5.60 Å². The van der Waals surface area contributed by atoms with Gasteiger partial charge in [0.1, 0.15) is 6.10 Å². The maximum absolute atomic E-state index is 11.4. The molecule has 1 aliphatic heterocycles. The van der Waals surface area contributed by atoms with Crippen LogP contribution in [0.15, 0.2) is 0 Å². The van der Waals surface area contributed by atoms with Crippen molar-refractivity contribution in [3.8, 4) is 0 Å². The van der Waals surface area contributed by atoms with E-state index >= 15 is 0 Å². The van der Waals surface area contributed by atoms with E-state index in [1.165, 1.54) is 0 Å². The molecule has 2 fully saturated rings. The monoisotopic (exact) mass is 570 g/mol. The maximum atomic E-state index is 11.4. The number of hydrogen-bond donors (Lipinski definition) is 2. The van der Waals surface area contributed by atoms with Crippen LogP contribution < -0.4 is 0 Å². The van der Waals surface area contributed by atoms with Gasteiger partial charge in [-0.3, -0.25) is 0 Å². The minimum atomic E-state index is -1.41. The number of carbonyl (C=O) groups is 1. The summed E-state index contributed by atoms with van der Waals surface area (Å²) < 4.78 is 5.12. The van der Waals surface area contributed by atoms with E-state index in [9.17, 15) is 15.0 Å². The van der Waals surface area contributed by atoms with Crippen LogP contribution in [0.3, 0.4) is 0 Å². The van der Waals surface area contributed by atoms with E-state index in [2.05, 4.69) is 6.92 Å². The Morgan fingerprint density at radius 2 is 1.84 bits per heavy atom. The molecule has 1 saturated carbocycles. The first-order chi connectivity index (χ1) is 7.07. The van der Waals surface area contributed by atoms with E-state index in [-0.39, 0.29) is 149 Å². The average Bonchev–Trinajstić information content (AvgIpc) is 2.39. The fourth-order valence-electron chi connectivity index (χ4n) is 2.67. The Morgan fingerprint density at radius 3 is 2.37 bits per heavy atom. The Balaban J connectivity index is -0.000000640. The summed E-state index contributed by atoms with van der Waals surface area (Å²) in [6, 6.07) is 0. The minimum Gasteiger partial charge on any atom is -0.460 e. The van der Waals surface area contributed by atoms with Gasteiger partial charge in [-0.15, -0.1) is 0 Å². The summed E-state index contributed by atoms with van der Waals surface area (Å²) in [6.07, 6.45) is 2.56. The molecule has 0 aromatic carbocycles. The number of rotatable bonds is 3. The molecule has 2 bridgehead atoms. The topological polar surface area (TPSA) is 66.8 Å². The van der Waals surface area contributed by atoms with E-state index in [0.717, 1.165) is 19.3 Å². The van der Waals surface area contributed by atoms with E-state index in [4.69, 9.17) is 4.74 Å². The predicted molar refractivity (Wildman–Crippen MR) is 53.1 cm³/mol. The fraction of sp³-hybridized carbons (Fsp3) is 0.909. The first-order valence-electron chi connectivity index (χ1n) is 5.68. The third-order valence-electron chi connectivity index (χ3n) is 3.59. The number of unbranched alkanes of at least 4 members (excludes halogenated alkanes) is 1. The van der Waals surface area contributed by atoms with Crippen molar-refractivity contribution in [2.75, 3.05) is 0 Å². The summed E-state index contributed by atoms with van der Waals surface area (Å²) in [5, 5.41) is 19.7. The van der Waals surface area contributed by atoms with Crippen molar-refractivity contribution in [2.24, 2.45) is 5.92 Å². The standard InChI is InChI=1S/C11H18O4.4Y/c1-2-3-4-7-8(12)5-11(14)6-9(7)15-10(11)13;;;;/h7-9,12,14H,2-6H2,1H3;;;;/t7?,8-,9-,11+;;;;/m1..../s1. The number of esters is 1. The van der Waals surface area contributed by atoms with Crippen molar-refractivity contribution in [1.29, 1.82) is 0 Å². The van der Waals surface area contributed by atoms with E-state index in [1.807, 2.05) is 0 Å². The van der Waals surface area contributed by atoms with Gasteiger partial charge in [-0.05, 0) is 6.42 Å². The first kappa shape index (κ1) is 27.6. The van der Waals surface area contributed by atoms with Crippen molar-refractivity contribution in [2.45, 2.75) is 56.8 Å². The van der Waals surface area contributed by atoms with Gasteiger partial charge in [0, 0.05) is 150 Å². The molecule has 2 N–H and O–H groups in total. The van der Waals surface area contributed by atoms with Crippen LogP contribution in [-0.2, 0) is 140 Å². The van der Waals surface area contributed by atoms with Crippen LogP contribution in [0.4, 0.5) is 0 Å². The molecule has 0 amide bonds. The van der Waals surface area contributed by atoms with E-state index in [0.29, 0.717) is 6.42 Å². The second-order valence-electron chi connectivity index (χ2n) is 4.76. The van der Waals surface area contributed by atoms with Gasteiger partial charge in [0.05, 0.1) is 6.10 Å². The molecule has 1 unspecified atom stereocenters. The van der Waals surface area contributed by atoms with Crippen LogP contribution in [-0.4, -0.2) is 34.0 Å². The van der Waals surface area contributed by atoms with Gasteiger partial charge >= 0.3 is 5.97 Å². The van der Waals surface area contributed by atoms with Crippen molar-refractivity contribution >= 4 is 5.97 Å². The molecule has 0 aromatic rings. The molecule has 2 rings (SSSR count). The molecule has 4 radical (unpaired) electrons. The molecular formula is C11H18O4Y4. The molecule has 98 valence electrons. The van der Waals surface area contributed by atoms with Gasteiger partial charge in [-0.2, -0.15) is 0 Å². The van der Waals surface area contributed by atoms with Crippen LogP contribution in [0.5, 0.6) is 0 Å². The second kappa shape index (κ2) is 12.2. The molecule has 1 heterocycles. The number of ether oxygens (including phenoxy) is 1. The summed E-state index contributed by atoms with van der Waals surface area (Å²) in [4.78, 5) is 11.4. The SMILES string of the molecule is CCCCC1[C@H](O)C[C@]2(O)C[C@H]1OC2=O.[Y].[Y].[Y].[Y]. The zero-order valence-electron chi connectivity index (χ0n) is 11.3. The average molecular weight is 570 g/mol. The molecule has 2 aliphatic rings. The minimum absolute atomic E-state index is 0. The smallest absolute Gasteiger partial charge is 0.338 e. The van der Waals surface area contributed by atoms with Gasteiger partial charge < -0.3 is 14.9 Å². The molecule has 0 aromatic heterocycles. The normalized spacial score (nSPS) is 34.9. The Kier molecular flexibility index (Phi) is 17.8. The van der Waals surface area contributed by atoms with E-state index < -0.39 is 17.7 Å². The van der Waals surface area contributed by atoms with Crippen LogP contribution in [0.1, 0.15) is 39.0 Å². The second-order valence-corrected chi connectivity index (χ2v) is 4.76. The Hall–Kier alpha value is 3.81. The van der Waals surface area contributed by atoms with Crippen LogP contribution in [0.2, 0.25) is 0 Å². The largest absolute Gasteiger partial charge is 0.460 e. The molecule has 4 atom stereocenters. The Morgan fingerprint density at radius 1 is 1.26 bits per heavy atom. The van der Waals surface area contributed by atoms with Gasteiger partial charge in [-0.1, -0.05) is 19.8 Å². The molecule has 1 aliphatic carbocycles. The molecular weight excluding hydrogens is 552 g/mol. The quantitative estimate of drug-likeness (QED) is 0.489. The number of aliphatic hydroxyl groups excluding tert-OH is 1. The third-order valence-corrected chi connectivity index (χ3v) is 3.59. The van der Waals surface area contributed by atoms with Crippen LogP contribution in [0, 0.1) is 5.92 Å². The number of carbonyl (C=O) groups excluding carboxylic acids is 1. The Bertz CT molecular complexity index is 279. The van der Waals surface area contributed by atoms with Gasteiger partial charge in [0.25, 0.3) is 0 Å². The predicted octanol–water partition coefficient (Wildman–Crippen LogP) is 0.594. The van der Waals surface area contributed by atoms with Crippen LogP contribution >= 0.6 is 0 Å². The zero-order chi connectivity index (χ0) is 11.1. The molecule has 4 nitrogen and oxygen atoms in total. The molecule has 19 heavy (non-hydrogen) atoms. The fourth-order valence-corrected chi connectivity index (χ4v) is 2.67. The Labute approximate surface area is 215 Å². The number of aliphatic hydroxyl groups is 2. The summed E-state index contributed by atoms with van der Waals surface area (Å²) in [6.45, 7) is 2.09. The van der Waals surface area contributed by atoms with E-state index in [1.54, 1.807) is 0 Å². The van der Waals surface area contributed by atoms with Crippen molar-refractivity contribution < 1.29 is 151 Å². The molecule has 1 saturated heterocycles. The number of fused-ring (bicyclic) bond motifs is 2. The summed E-state index contributed by atoms with van der Waals surface area (Å²) in [7, 11) is 0.